The number of ketones is 1. The molecular weight excluding hydrogens is 270 g/mol. The van der Waals surface area contributed by atoms with Gasteiger partial charge >= 0.3 is 0 Å². The molecule has 0 aromatic heterocycles. The van der Waals surface area contributed by atoms with Gasteiger partial charge in [0.15, 0.2) is 14.1 Å². The Bertz CT molecular complexity index is 501. The molecule has 1 aromatic rings. The highest BCUT2D eigenvalue weighted by Crippen LogP contribution is 2.36. The van der Waals surface area contributed by atoms with E-state index in [2.05, 4.69) is 33.9 Å². The van der Waals surface area contributed by atoms with E-state index in [4.69, 9.17) is 10.2 Å². The molecule has 0 aliphatic carbocycles. The van der Waals surface area contributed by atoms with Crippen LogP contribution in [0.2, 0.25) is 18.1 Å². The van der Waals surface area contributed by atoms with Crippen LogP contribution in [0.25, 0.3) is 0 Å². The number of Topliss-reactive ketones (excluding diaryl/α,β-unsaturated/α-hetero) is 1. The first-order valence-corrected chi connectivity index (χ1v) is 9.52. The molecule has 1 rings (SSSR count). The average Bonchev–Trinajstić information content (AvgIpc) is 2.34. The van der Waals surface area contributed by atoms with Crippen LogP contribution in [0.1, 0.15) is 41.5 Å². The highest BCUT2D eigenvalue weighted by molar-refractivity contribution is 6.74. The number of amides is 1. The molecule has 0 spiro atoms. The summed E-state index contributed by atoms with van der Waals surface area (Å²) in [5, 5.41) is 0.0725. The summed E-state index contributed by atoms with van der Waals surface area (Å²) in [5.74, 6) is -0.577. The zero-order valence-electron chi connectivity index (χ0n) is 12.8. The molecule has 2 N–H and O–H groups in total. The van der Waals surface area contributed by atoms with E-state index in [0.717, 1.165) is 0 Å². The van der Waals surface area contributed by atoms with Crippen molar-refractivity contribution in [1.82, 2.24) is 0 Å². The van der Waals surface area contributed by atoms with Gasteiger partial charge in [-0.25, -0.2) is 0 Å². The summed E-state index contributed by atoms with van der Waals surface area (Å²) < 4.78 is 5.89. The second kappa shape index (κ2) is 5.89. The van der Waals surface area contributed by atoms with Gasteiger partial charge in [-0.1, -0.05) is 32.9 Å². The summed E-state index contributed by atoms with van der Waals surface area (Å²) in [6.07, 6.45) is 0. The summed E-state index contributed by atoms with van der Waals surface area (Å²) >= 11 is 0. The van der Waals surface area contributed by atoms with E-state index >= 15 is 0 Å². The van der Waals surface area contributed by atoms with Crippen LogP contribution in [0.15, 0.2) is 24.3 Å². The van der Waals surface area contributed by atoms with Gasteiger partial charge in [0.1, 0.15) is 0 Å². The van der Waals surface area contributed by atoms with Crippen molar-refractivity contribution < 1.29 is 14.0 Å². The highest BCUT2D eigenvalue weighted by Gasteiger charge is 2.37. The summed E-state index contributed by atoms with van der Waals surface area (Å²) in [7, 11) is -1.92. The zero-order valence-corrected chi connectivity index (χ0v) is 13.8. The first kappa shape index (κ1) is 16.6. The van der Waals surface area contributed by atoms with Gasteiger partial charge in [-0.2, -0.15) is 0 Å². The lowest BCUT2D eigenvalue weighted by atomic mass is 10.1. The molecule has 110 valence electrons. The van der Waals surface area contributed by atoms with E-state index in [9.17, 15) is 9.59 Å². The van der Waals surface area contributed by atoms with Gasteiger partial charge < -0.3 is 10.2 Å². The lowest BCUT2D eigenvalue weighted by Gasteiger charge is -2.35. The van der Waals surface area contributed by atoms with Crippen LogP contribution >= 0.6 is 0 Å². The van der Waals surface area contributed by atoms with Crippen molar-refractivity contribution in [1.29, 1.82) is 0 Å². The van der Waals surface area contributed by atoms with Crippen LogP contribution in [-0.4, -0.2) is 26.6 Å². The van der Waals surface area contributed by atoms with Gasteiger partial charge in [-0.3, -0.25) is 9.59 Å². The Morgan fingerprint density at radius 3 is 1.95 bits per heavy atom. The van der Waals surface area contributed by atoms with Crippen molar-refractivity contribution >= 4 is 20.0 Å². The SMILES string of the molecule is CC(C)(C)[Si](C)(C)OCC(=O)c1ccc(C(N)=O)cc1. The maximum Gasteiger partial charge on any atom is 0.248 e. The molecule has 0 fully saturated rings. The van der Waals surface area contributed by atoms with Gasteiger partial charge in [0.05, 0.1) is 6.61 Å². The second-order valence-electron chi connectivity index (χ2n) is 6.41. The topological polar surface area (TPSA) is 69.4 Å². The summed E-state index contributed by atoms with van der Waals surface area (Å²) in [4.78, 5) is 23.0. The molecule has 0 atom stereocenters. The van der Waals surface area contributed by atoms with Crippen molar-refractivity contribution in [2.24, 2.45) is 5.73 Å². The minimum Gasteiger partial charge on any atom is -0.409 e. The van der Waals surface area contributed by atoms with Gasteiger partial charge in [0.25, 0.3) is 0 Å². The number of primary amides is 1. The van der Waals surface area contributed by atoms with Crippen molar-refractivity contribution in [3.63, 3.8) is 0 Å². The monoisotopic (exact) mass is 293 g/mol. The normalized spacial score (nSPS) is 12.2. The number of nitrogens with two attached hydrogens (primary N) is 1. The molecule has 1 amide bonds. The number of rotatable bonds is 5. The van der Waals surface area contributed by atoms with Gasteiger partial charge in [0.2, 0.25) is 5.91 Å². The molecule has 20 heavy (non-hydrogen) atoms. The maximum atomic E-state index is 12.1. The molecule has 0 radical (unpaired) electrons. The Labute approximate surface area is 121 Å². The smallest absolute Gasteiger partial charge is 0.248 e. The molecule has 0 unspecified atom stereocenters. The van der Waals surface area contributed by atoms with E-state index < -0.39 is 14.2 Å². The largest absolute Gasteiger partial charge is 0.409 e. The average molecular weight is 293 g/mol. The summed E-state index contributed by atoms with van der Waals surface area (Å²) in [6.45, 7) is 10.7. The predicted octanol–water partition coefficient (Wildman–Crippen LogP) is 2.99. The molecule has 5 heteroatoms. The minimum absolute atomic E-state index is 0.0725. The Hall–Kier alpha value is -1.46. The third-order valence-electron chi connectivity index (χ3n) is 3.86. The fourth-order valence-corrected chi connectivity index (χ4v) is 2.29. The molecule has 0 saturated heterocycles. The first-order valence-electron chi connectivity index (χ1n) is 6.61. The van der Waals surface area contributed by atoms with Crippen LogP contribution in [0.3, 0.4) is 0 Å². The molecule has 0 bridgehead atoms. The maximum absolute atomic E-state index is 12.1. The molecule has 4 nitrogen and oxygen atoms in total. The fourth-order valence-electron chi connectivity index (χ4n) is 1.37. The van der Waals surface area contributed by atoms with Crippen molar-refractivity contribution in [3.05, 3.63) is 35.4 Å². The molecular formula is C15H23NO3Si. The van der Waals surface area contributed by atoms with E-state index in [0.29, 0.717) is 11.1 Å². The predicted molar refractivity (Wildman–Crippen MR) is 82.4 cm³/mol. The van der Waals surface area contributed by atoms with Gasteiger partial charge in [0, 0.05) is 11.1 Å². The van der Waals surface area contributed by atoms with E-state index in [1.165, 1.54) is 0 Å². The Morgan fingerprint density at radius 2 is 1.55 bits per heavy atom. The molecule has 1 aromatic carbocycles. The second-order valence-corrected chi connectivity index (χ2v) is 11.2. The van der Waals surface area contributed by atoms with E-state index in [1.54, 1.807) is 24.3 Å². The minimum atomic E-state index is -1.92. The van der Waals surface area contributed by atoms with Crippen molar-refractivity contribution in [2.45, 2.75) is 38.9 Å². The quantitative estimate of drug-likeness (QED) is 0.670. The third-order valence-corrected chi connectivity index (χ3v) is 8.34. The van der Waals surface area contributed by atoms with E-state index in [1.807, 2.05) is 0 Å². The Morgan fingerprint density at radius 1 is 1.10 bits per heavy atom. The highest BCUT2D eigenvalue weighted by atomic mass is 28.4. The van der Waals surface area contributed by atoms with Gasteiger partial charge in [-0.15, -0.1) is 0 Å². The number of hydrogen-bond acceptors (Lipinski definition) is 3. The number of carbonyl (C=O) groups excluding carboxylic acids is 2. The molecule has 0 aliphatic rings. The van der Waals surface area contributed by atoms with Crippen LogP contribution in [0.5, 0.6) is 0 Å². The Kier molecular flexibility index (Phi) is 4.89. The van der Waals surface area contributed by atoms with Gasteiger partial charge in [-0.05, 0) is 30.3 Å². The van der Waals surface area contributed by atoms with E-state index in [-0.39, 0.29) is 17.4 Å². The first-order chi connectivity index (χ1) is 9.04. The third kappa shape index (κ3) is 4.01. The standard InChI is InChI=1S/C15H23NO3Si/c1-15(2,3)20(4,5)19-10-13(17)11-6-8-12(9-7-11)14(16)18/h6-9H,10H2,1-5H3,(H2,16,18). The molecule has 0 heterocycles. The zero-order chi connectivity index (χ0) is 15.6. The summed E-state index contributed by atoms with van der Waals surface area (Å²) in [6, 6.07) is 6.33. The Balaban J connectivity index is 2.71. The lowest BCUT2D eigenvalue weighted by Crippen LogP contribution is -2.42. The van der Waals surface area contributed by atoms with Crippen LogP contribution in [-0.2, 0) is 4.43 Å². The number of hydrogen-bond donors (Lipinski definition) is 1. The molecule has 0 aliphatic heterocycles. The van der Waals surface area contributed by atoms with Crippen molar-refractivity contribution in [3.8, 4) is 0 Å². The summed E-state index contributed by atoms with van der Waals surface area (Å²) in [5.41, 5.74) is 6.09. The van der Waals surface area contributed by atoms with Crippen LogP contribution in [0.4, 0.5) is 0 Å². The fraction of sp³-hybridized carbons (Fsp3) is 0.467. The number of benzene rings is 1. The van der Waals surface area contributed by atoms with Crippen LogP contribution < -0.4 is 5.73 Å². The van der Waals surface area contributed by atoms with Crippen molar-refractivity contribution in [2.75, 3.05) is 6.61 Å². The lowest BCUT2D eigenvalue weighted by molar-refractivity contribution is 0.0910. The van der Waals surface area contributed by atoms with Crippen LogP contribution in [0, 0.1) is 0 Å². The molecule has 0 saturated carbocycles. The number of carbonyl (C=O) groups is 2.